The summed E-state index contributed by atoms with van der Waals surface area (Å²) in [5.41, 5.74) is 0. The van der Waals surface area contributed by atoms with E-state index in [4.69, 9.17) is 4.74 Å². The first kappa shape index (κ1) is 10.7. The van der Waals surface area contributed by atoms with Gasteiger partial charge in [0.25, 0.3) is 0 Å². The molecule has 0 fully saturated rings. The van der Waals surface area contributed by atoms with Crippen molar-refractivity contribution in [2.24, 2.45) is 0 Å². The predicted octanol–water partition coefficient (Wildman–Crippen LogP) is 2.44. The second-order valence-electron chi connectivity index (χ2n) is 2.89. The van der Waals surface area contributed by atoms with Gasteiger partial charge in [0, 0.05) is 24.1 Å². The van der Waals surface area contributed by atoms with Crippen LogP contribution in [0, 0.1) is 0 Å². The van der Waals surface area contributed by atoms with E-state index in [1.165, 1.54) is 4.88 Å². The SMILES string of the molecule is CCOCCN[C@H](C)c1cccs1. The molecule has 1 rings (SSSR count). The molecule has 2 nitrogen and oxygen atoms in total. The third kappa shape index (κ3) is 3.89. The molecule has 0 bridgehead atoms. The Hall–Kier alpha value is -0.380. The van der Waals surface area contributed by atoms with E-state index in [2.05, 4.69) is 29.8 Å². The van der Waals surface area contributed by atoms with E-state index in [0.717, 1.165) is 19.8 Å². The van der Waals surface area contributed by atoms with Crippen LogP contribution in [0.5, 0.6) is 0 Å². The third-order valence-corrected chi connectivity index (χ3v) is 2.93. The Kier molecular flexibility index (Phi) is 5.05. The average molecular weight is 199 g/mol. The number of rotatable bonds is 6. The molecule has 0 saturated carbocycles. The molecular formula is C10H17NOS. The highest BCUT2D eigenvalue weighted by atomic mass is 32.1. The quantitative estimate of drug-likeness (QED) is 0.710. The summed E-state index contributed by atoms with van der Waals surface area (Å²) in [6, 6.07) is 4.68. The van der Waals surface area contributed by atoms with Gasteiger partial charge in [-0.05, 0) is 25.3 Å². The first-order valence-corrected chi connectivity index (χ1v) is 5.57. The summed E-state index contributed by atoms with van der Waals surface area (Å²) in [6.45, 7) is 6.72. The Bertz CT molecular complexity index is 211. The minimum Gasteiger partial charge on any atom is -0.380 e. The first-order valence-electron chi connectivity index (χ1n) is 4.69. The summed E-state index contributed by atoms with van der Waals surface area (Å²) >= 11 is 1.79. The molecule has 0 aliphatic carbocycles. The predicted molar refractivity (Wildman–Crippen MR) is 57.2 cm³/mol. The first-order chi connectivity index (χ1) is 6.34. The van der Waals surface area contributed by atoms with E-state index in [1.807, 2.05) is 6.92 Å². The molecular weight excluding hydrogens is 182 g/mol. The van der Waals surface area contributed by atoms with E-state index in [-0.39, 0.29) is 0 Å². The number of hydrogen-bond donors (Lipinski definition) is 1. The minimum absolute atomic E-state index is 0.445. The van der Waals surface area contributed by atoms with Crippen LogP contribution < -0.4 is 5.32 Å². The van der Waals surface area contributed by atoms with Crippen molar-refractivity contribution in [2.75, 3.05) is 19.8 Å². The van der Waals surface area contributed by atoms with Crippen LogP contribution in [-0.4, -0.2) is 19.8 Å². The van der Waals surface area contributed by atoms with Crippen molar-refractivity contribution in [3.63, 3.8) is 0 Å². The molecule has 0 aromatic carbocycles. The fourth-order valence-electron chi connectivity index (χ4n) is 1.13. The molecule has 0 aliphatic rings. The van der Waals surface area contributed by atoms with Crippen molar-refractivity contribution in [1.29, 1.82) is 0 Å². The number of nitrogens with one attached hydrogen (secondary N) is 1. The highest BCUT2D eigenvalue weighted by Gasteiger charge is 2.03. The maximum atomic E-state index is 5.24. The van der Waals surface area contributed by atoms with Crippen molar-refractivity contribution < 1.29 is 4.74 Å². The minimum atomic E-state index is 0.445. The zero-order chi connectivity index (χ0) is 9.52. The largest absolute Gasteiger partial charge is 0.380 e. The molecule has 74 valence electrons. The van der Waals surface area contributed by atoms with Crippen LogP contribution in [0.4, 0.5) is 0 Å². The molecule has 1 heterocycles. The average Bonchev–Trinajstić information content (AvgIpc) is 2.65. The molecule has 1 N–H and O–H groups in total. The van der Waals surface area contributed by atoms with Crippen LogP contribution in [0.2, 0.25) is 0 Å². The smallest absolute Gasteiger partial charge is 0.0590 e. The fourth-order valence-corrected chi connectivity index (χ4v) is 1.89. The summed E-state index contributed by atoms with van der Waals surface area (Å²) in [4.78, 5) is 1.39. The van der Waals surface area contributed by atoms with Crippen molar-refractivity contribution in [3.8, 4) is 0 Å². The van der Waals surface area contributed by atoms with Crippen LogP contribution in [0.3, 0.4) is 0 Å². The van der Waals surface area contributed by atoms with E-state index in [9.17, 15) is 0 Å². The zero-order valence-electron chi connectivity index (χ0n) is 8.25. The van der Waals surface area contributed by atoms with Gasteiger partial charge >= 0.3 is 0 Å². The van der Waals surface area contributed by atoms with Crippen LogP contribution in [-0.2, 0) is 4.74 Å². The van der Waals surface area contributed by atoms with E-state index in [0.29, 0.717) is 6.04 Å². The summed E-state index contributed by atoms with van der Waals surface area (Å²) in [7, 11) is 0. The van der Waals surface area contributed by atoms with E-state index in [1.54, 1.807) is 11.3 Å². The highest BCUT2D eigenvalue weighted by molar-refractivity contribution is 7.10. The molecule has 13 heavy (non-hydrogen) atoms. The van der Waals surface area contributed by atoms with Crippen molar-refractivity contribution in [3.05, 3.63) is 22.4 Å². The molecule has 1 aromatic rings. The molecule has 0 radical (unpaired) electrons. The molecule has 0 spiro atoms. The molecule has 0 saturated heterocycles. The maximum absolute atomic E-state index is 5.24. The molecule has 0 unspecified atom stereocenters. The van der Waals surface area contributed by atoms with Gasteiger partial charge in [-0.2, -0.15) is 0 Å². The van der Waals surface area contributed by atoms with Gasteiger partial charge in [-0.1, -0.05) is 6.07 Å². The Balaban J connectivity index is 2.15. The summed E-state index contributed by atoms with van der Waals surface area (Å²) in [5, 5.41) is 5.51. The van der Waals surface area contributed by atoms with Gasteiger partial charge < -0.3 is 10.1 Å². The van der Waals surface area contributed by atoms with Crippen molar-refractivity contribution in [2.45, 2.75) is 19.9 Å². The molecule has 1 atom stereocenters. The molecule has 0 aliphatic heterocycles. The van der Waals surface area contributed by atoms with Gasteiger partial charge in [0.15, 0.2) is 0 Å². The molecule has 0 amide bonds. The van der Waals surface area contributed by atoms with Crippen molar-refractivity contribution >= 4 is 11.3 Å². The standard InChI is InChI=1S/C10H17NOS/c1-3-12-7-6-11-9(2)10-5-4-8-13-10/h4-5,8-9,11H,3,6-7H2,1-2H3/t9-/m1/s1. The molecule has 1 aromatic heterocycles. The van der Waals surface area contributed by atoms with Gasteiger partial charge in [-0.25, -0.2) is 0 Å². The van der Waals surface area contributed by atoms with Crippen molar-refractivity contribution in [1.82, 2.24) is 5.32 Å². The molecule has 3 heteroatoms. The normalized spacial score (nSPS) is 13.1. The Labute approximate surface area is 83.9 Å². The summed E-state index contributed by atoms with van der Waals surface area (Å²) in [5.74, 6) is 0. The Morgan fingerprint density at radius 1 is 1.62 bits per heavy atom. The second-order valence-corrected chi connectivity index (χ2v) is 3.87. The van der Waals surface area contributed by atoms with Crippen LogP contribution in [0.15, 0.2) is 17.5 Å². The number of thiophene rings is 1. The monoisotopic (exact) mass is 199 g/mol. The number of hydrogen-bond acceptors (Lipinski definition) is 3. The topological polar surface area (TPSA) is 21.3 Å². The van der Waals surface area contributed by atoms with Gasteiger partial charge in [0.1, 0.15) is 0 Å². The van der Waals surface area contributed by atoms with Gasteiger partial charge in [0.2, 0.25) is 0 Å². The Morgan fingerprint density at radius 3 is 3.08 bits per heavy atom. The second kappa shape index (κ2) is 6.13. The fraction of sp³-hybridized carbons (Fsp3) is 0.600. The van der Waals surface area contributed by atoms with Crippen LogP contribution in [0.25, 0.3) is 0 Å². The lowest BCUT2D eigenvalue weighted by molar-refractivity contribution is 0.147. The summed E-state index contributed by atoms with van der Waals surface area (Å²) in [6.07, 6.45) is 0. The lowest BCUT2D eigenvalue weighted by atomic mass is 10.3. The summed E-state index contributed by atoms with van der Waals surface area (Å²) < 4.78 is 5.24. The van der Waals surface area contributed by atoms with E-state index >= 15 is 0 Å². The zero-order valence-corrected chi connectivity index (χ0v) is 9.06. The van der Waals surface area contributed by atoms with Gasteiger partial charge in [-0.15, -0.1) is 11.3 Å². The van der Waals surface area contributed by atoms with E-state index < -0.39 is 0 Å². The van der Waals surface area contributed by atoms with Gasteiger partial charge in [-0.3, -0.25) is 0 Å². The Morgan fingerprint density at radius 2 is 2.46 bits per heavy atom. The number of ether oxygens (including phenoxy) is 1. The lowest BCUT2D eigenvalue weighted by Gasteiger charge is -2.11. The third-order valence-electron chi connectivity index (χ3n) is 1.87. The maximum Gasteiger partial charge on any atom is 0.0590 e. The lowest BCUT2D eigenvalue weighted by Crippen LogP contribution is -2.22. The highest BCUT2D eigenvalue weighted by Crippen LogP contribution is 2.17. The van der Waals surface area contributed by atoms with Crippen LogP contribution >= 0.6 is 11.3 Å². The van der Waals surface area contributed by atoms with Gasteiger partial charge in [0.05, 0.1) is 6.61 Å². The van der Waals surface area contributed by atoms with Crippen LogP contribution in [0.1, 0.15) is 24.8 Å².